The standard InChI is InChI=1S/C20H28N2O5/c1-4-27-20(26)17(13(2)15-9-6-5-7-10-15)21-14(3)18(23)22-12-8-11-16(22)19(24)25/h5-7,9-10,13-14,16-17,21H,4,8,11-12H2,1-3H3,(H,24,25)/t13?,14-,16+,17?/m1/s1. The Hall–Kier alpha value is -2.41. The van der Waals surface area contributed by atoms with E-state index in [1.54, 1.807) is 13.8 Å². The zero-order valence-electron chi connectivity index (χ0n) is 16.1. The molecule has 1 fully saturated rings. The summed E-state index contributed by atoms with van der Waals surface area (Å²) in [5.41, 5.74) is 0.951. The number of amides is 1. The molecule has 7 heteroatoms. The van der Waals surface area contributed by atoms with Crippen molar-refractivity contribution >= 4 is 17.8 Å². The zero-order chi connectivity index (χ0) is 20.0. The molecule has 27 heavy (non-hydrogen) atoms. The van der Waals surface area contributed by atoms with Crippen LogP contribution in [0.1, 0.15) is 45.1 Å². The van der Waals surface area contributed by atoms with Crippen molar-refractivity contribution in [1.82, 2.24) is 10.2 Å². The third-order valence-corrected chi connectivity index (χ3v) is 4.99. The van der Waals surface area contributed by atoms with Gasteiger partial charge in [0.2, 0.25) is 5.91 Å². The number of likely N-dealkylation sites (tertiary alicyclic amines) is 1. The van der Waals surface area contributed by atoms with Crippen molar-refractivity contribution in [3.8, 4) is 0 Å². The van der Waals surface area contributed by atoms with E-state index in [1.807, 2.05) is 37.3 Å². The van der Waals surface area contributed by atoms with Gasteiger partial charge >= 0.3 is 11.9 Å². The maximum atomic E-state index is 12.8. The van der Waals surface area contributed by atoms with Crippen LogP contribution in [-0.2, 0) is 19.1 Å². The maximum absolute atomic E-state index is 12.8. The van der Waals surface area contributed by atoms with Crippen molar-refractivity contribution in [3.05, 3.63) is 35.9 Å². The molecule has 2 unspecified atom stereocenters. The van der Waals surface area contributed by atoms with Crippen LogP contribution >= 0.6 is 0 Å². The van der Waals surface area contributed by atoms with E-state index in [9.17, 15) is 19.5 Å². The van der Waals surface area contributed by atoms with Gasteiger partial charge in [-0.15, -0.1) is 0 Å². The van der Waals surface area contributed by atoms with E-state index in [1.165, 1.54) is 4.90 Å². The van der Waals surface area contributed by atoms with Crippen molar-refractivity contribution < 1.29 is 24.2 Å². The van der Waals surface area contributed by atoms with E-state index in [0.29, 0.717) is 19.4 Å². The first-order valence-electron chi connectivity index (χ1n) is 9.37. The number of esters is 1. The molecule has 2 N–H and O–H groups in total. The Morgan fingerprint density at radius 3 is 2.52 bits per heavy atom. The third kappa shape index (κ3) is 5.07. The van der Waals surface area contributed by atoms with Gasteiger partial charge in [-0.1, -0.05) is 37.3 Å². The monoisotopic (exact) mass is 376 g/mol. The minimum Gasteiger partial charge on any atom is -0.480 e. The normalized spacial score (nSPS) is 20.0. The Labute approximate surface area is 159 Å². The van der Waals surface area contributed by atoms with Crippen LogP contribution in [0.4, 0.5) is 0 Å². The largest absolute Gasteiger partial charge is 0.480 e. The number of hydrogen-bond acceptors (Lipinski definition) is 5. The summed E-state index contributed by atoms with van der Waals surface area (Å²) >= 11 is 0. The lowest BCUT2D eigenvalue weighted by molar-refractivity contribution is -0.150. The zero-order valence-corrected chi connectivity index (χ0v) is 16.1. The first kappa shape index (κ1) is 20.9. The molecule has 1 aliphatic rings. The number of rotatable bonds is 8. The molecule has 0 radical (unpaired) electrons. The summed E-state index contributed by atoms with van der Waals surface area (Å²) in [6.07, 6.45) is 1.12. The second kappa shape index (κ2) is 9.50. The number of carboxylic acids is 1. The Morgan fingerprint density at radius 1 is 1.26 bits per heavy atom. The lowest BCUT2D eigenvalue weighted by atomic mass is 9.92. The van der Waals surface area contributed by atoms with E-state index >= 15 is 0 Å². The third-order valence-electron chi connectivity index (χ3n) is 4.99. The molecule has 2 rings (SSSR count). The molecule has 1 aromatic carbocycles. The van der Waals surface area contributed by atoms with Gasteiger partial charge in [-0.05, 0) is 32.3 Å². The van der Waals surface area contributed by atoms with Gasteiger partial charge in [0, 0.05) is 12.5 Å². The average molecular weight is 376 g/mol. The van der Waals surface area contributed by atoms with E-state index in [-0.39, 0.29) is 18.4 Å². The van der Waals surface area contributed by atoms with Gasteiger partial charge < -0.3 is 14.7 Å². The molecule has 1 aromatic rings. The van der Waals surface area contributed by atoms with Crippen molar-refractivity contribution in [2.45, 2.75) is 57.7 Å². The number of ether oxygens (including phenoxy) is 1. The van der Waals surface area contributed by atoms with E-state index in [4.69, 9.17) is 4.74 Å². The van der Waals surface area contributed by atoms with E-state index < -0.39 is 30.1 Å². The predicted octanol–water partition coefficient (Wildman–Crippen LogP) is 1.78. The van der Waals surface area contributed by atoms with Crippen LogP contribution in [0.15, 0.2) is 30.3 Å². The number of carboxylic acid groups (broad SMARTS) is 1. The number of carbonyl (C=O) groups is 3. The maximum Gasteiger partial charge on any atom is 0.326 e. The second-order valence-corrected chi connectivity index (χ2v) is 6.85. The summed E-state index contributed by atoms with van der Waals surface area (Å²) < 4.78 is 5.19. The molecule has 0 spiro atoms. The number of aliphatic carboxylic acids is 1. The fourth-order valence-corrected chi connectivity index (χ4v) is 3.47. The molecule has 1 aliphatic heterocycles. The van der Waals surface area contributed by atoms with Gasteiger partial charge in [-0.3, -0.25) is 14.9 Å². The number of benzene rings is 1. The highest BCUT2D eigenvalue weighted by molar-refractivity contribution is 5.88. The van der Waals surface area contributed by atoms with Crippen LogP contribution in [0.5, 0.6) is 0 Å². The molecule has 0 aromatic heterocycles. The molecular weight excluding hydrogens is 348 g/mol. The fourth-order valence-electron chi connectivity index (χ4n) is 3.47. The molecule has 0 bridgehead atoms. The highest BCUT2D eigenvalue weighted by Gasteiger charge is 2.38. The second-order valence-electron chi connectivity index (χ2n) is 6.85. The van der Waals surface area contributed by atoms with Gasteiger partial charge in [0.25, 0.3) is 0 Å². The minimum atomic E-state index is -0.993. The Kier molecular flexibility index (Phi) is 7.36. The summed E-state index contributed by atoms with van der Waals surface area (Å²) in [5, 5.41) is 12.4. The van der Waals surface area contributed by atoms with Crippen LogP contribution in [0, 0.1) is 0 Å². The molecule has 1 heterocycles. The topological polar surface area (TPSA) is 95.9 Å². The number of carbonyl (C=O) groups excluding carboxylic acids is 2. The van der Waals surface area contributed by atoms with Crippen LogP contribution in [0.25, 0.3) is 0 Å². The van der Waals surface area contributed by atoms with Crippen LogP contribution in [0.2, 0.25) is 0 Å². The summed E-state index contributed by atoms with van der Waals surface area (Å²) in [6, 6.07) is 7.32. The number of nitrogens with zero attached hydrogens (tertiary/aromatic N) is 1. The fraction of sp³-hybridized carbons (Fsp3) is 0.550. The Morgan fingerprint density at radius 2 is 1.93 bits per heavy atom. The van der Waals surface area contributed by atoms with E-state index in [2.05, 4.69) is 5.32 Å². The van der Waals surface area contributed by atoms with Gasteiger partial charge in [0.1, 0.15) is 12.1 Å². The van der Waals surface area contributed by atoms with Crippen LogP contribution in [-0.4, -0.2) is 59.1 Å². The van der Waals surface area contributed by atoms with Gasteiger partial charge in [0.15, 0.2) is 0 Å². The number of hydrogen-bond donors (Lipinski definition) is 2. The summed E-state index contributed by atoms with van der Waals surface area (Å²) in [4.78, 5) is 38.0. The first-order valence-corrected chi connectivity index (χ1v) is 9.37. The Bertz CT molecular complexity index is 664. The summed E-state index contributed by atoms with van der Waals surface area (Å²) in [6.45, 7) is 5.95. The van der Waals surface area contributed by atoms with E-state index in [0.717, 1.165) is 5.56 Å². The molecule has 7 nitrogen and oxygen atoms in total. The molecular formula is C20H28N2O5. The van der Waals surface area contributed by atoms with Crippen molar-refractivity contribution in [3.63, 3.8) is 0 Å². The lowest BCUT2D eigenvalue weighted by Gasteiger charge is -2.30. The summed E-state index contributed by atoms with van der Waals surface area (Å²) in [5.74, 6) is -1.94. The van der Waals surface area contributed by atoms with Gasteiger partial charge in [0.05, 0.1) is 12.6 Å². The van der Waals surface area contributed by atoms with Crippen molar-refractivity contribution in [2.24, 2.45) is 0 Å². The minimum absolute atomic E-state index is 0.214. The van der Waals surface area contributed by atoms with Gasteiger partial charge in [-0.2, -0.15) is 0 Å². The lowest BCUT2D eigenvalue weighted by Crippen LogP contribution is -2.54. The molecule has 4 atom stereocenters. The quantitative estimate of drug-likeness (QED) is 0.672. The molecule has 0 aliphatic carbocycles. The van der Waals surface area contributed by atoms with Crippen molar-refractivity contribution in [1.29, 1.82) is 0 Å². The Balaban J connectivity index is 2.15. The average Bonchev–Trinajstić information content (AvgIpc) is 3.15. The van der Waals surface area contributed by atoms with Crippen molar-refractivity contribution in [2.75, 3.05) is 13.2 Å². The highest BCUT2D eigenvalue weighted by Crippen LogP contribution is 2.22. The predicted molar refractivity (Wildman–Crippen MR) is 100 cm³/mol. The molecule has 0 saturated carbocycles. The highest BCUT2D eigenvalue weighted by atomic mass is 16.5. The number of nitrogens with one attached hydrogen (secondary N) is 1. The smallest absolute Gasteiger partial charge is 0.326 e. The molecule has 1 amide bonds. The van der Waals surface area contributed by atoms with Crippen LogP contribution in [0.3, 0.4) is 0 Å². The summed E-state index contributed by atoms with van der Waals surface area (Å²) in [7, 11) is 0. The first-order chi connectivity index (χ1) is 12.9. The van der Waals surface area contributed by atoms with Crippen LogP contribution < -0.4 is 5.32 Å². The SMILES string of the molecule is CCOC(=O)C(N[C@H](C)C(=O)N1CCC[C@H]1C(=O)O)C(C)c1ccccc1. The molecule has 1 saturated heterocycles. The van der Waals surface area contributed by atoms with Gasteiger partial charge in [-0.25, -0.2) is 4.79 Å². The molecule has 148 valence electrons.